The minimum atomic E-state index is 0.783. The van der Waals surface area contributed by atoms with Gasteiger partial charge in [0, 0.05) is 12.2 Å². The van der Waals surface area contributed by atoms with E-state index in [2.05, 4.69) is 76.1 Å². The molecule has 0 aliphatic heterocycles. The Balaban J connectivity index is 2.17. The monoisotopic (exact) mass is 321 g/mol. The first kappa shape index (κ1) is 14.1. The van der Waals surface area contributed by atoms with Crippen LogP contribution < -0.4 is 5.32 Å². The lowest BCUT2D eigenvalue weighted by Gasteiger charge is -2.09. The molecule has 0 bridgehead atoms. The summed E-state index contributed by atoms with van der Waals surface area (Å²) in [6.07, 6.45) is 0.949. The number of aryl methyl sites for hydroxylation is 3. The highest BCUT2D eigenvalue weighted by Gasteiger charge is 2.13. The lowest BCUT2D eigenvalue weighted by molar-refractivity contribution is 0.619. The lowest BCUT2D eigenvalue weighted by atomic mass is 10.2. The van der Waals surface area contributed by atoms with E-state index in [0.29, 0.717) is 0 Å². The van der Waals surface area contributed by atoms with Crippen molar-refractivity contribution in [2.45, 2.75) is 40.3 Å². The zero-order chi connectivity index (χ0) is 13.8. The molecule has 102 valence electrons. The van der Waals surface area contributed by atoms with Gasteiger partial charge in [-0.2, -0.15) is 5.10 Å². The molecule has 4 heteroatoms. The summed E-state index contributed by atoms with van der Waals surface area (Å²) >= 11 is 3.67. The van der Waals surface area contributed by atoms with Crippen molar-refractivity contribution in [1.29, 1.82) is 0 Å². The van der Waals surface area contributed by atoms with Crippen LogP contribution in [0.5, 0.6) is 0 Å². The molecule has 1 aromatic heterocycles. The van der Waals surface area contributed by atoms with Gasteiger partial charge in [-0.1, -0.05) is 19.1 Å². The number of halogens is 1. The van der Waals surface area contributed by atoms with Crippen LogP contribution in [0.4, 0.5) is 5.69 Å². The van der Waals surface area contributed by atoms with Crippen LogP contribution in [0.3, 0.4) is 0 Å². The number of benzene rings is 1. The number of rotatable bonds is 5. The molecule has 0 radical (unpaired) electrons. The van der Waals surface area contributed by atoms with Gasteiger partial charge in [-0.15, -0.1) is 0 Å². The Morgan fingerprint density at radius 1 is 1.32 bits per heavy atom. The first-order chi connectivity index (χ1) is 9.15. The van der Waals surface area contributed by atoms with E-state index in [-0.39, 0.29) is 0 Å². The molecule has 2 rings (SSSR count). The van der Waals surface area contributed by atoms with Gasteiger partial charge < -0.3 is 5.32 Å². The van der Waals surface area contributed by atoms with E-state index < -0.39 is 0 Å². The predicted octanol–water partition coefficient (Wildman–Crippen LogP) is 4.15. The Bertz CT molecular complexity index is 561. The average Bonchev–Trinajstić information content (AvgIpc) is 2.72. The van der Waals surface area contributed by atoms with Crippen LogP contribution in [0.2, 0.25) is 0 Å². The highest BCUT2D eigenvalue weighted by molar-refractivity contribution is 9.10. The number of anilines is 1. The summed E-state index contributed by atoms with van der Waals surface area (Å²) in [5, 5.41) is 8.07. The van der Waals surface area contributed by atoms with Gasteiger partial charge >= 0.3 is 0 Å². The Morgan fingerprint density at radius 3 is 2.74 bits per heavy atom. The quantitative estimate of drug-likeness (QED) is 0.896. The van der Waals surface area contributed by atoms with E-state index in [1.54, 1.807) is 0 Å². The maximum absolute atomic E-state index is 4.61. The Hall–Kier alpha value is -1.29. The summed E-state index contributed by atoms with van der Waals surface area (Å²) in [4.78, 5) is 0. The molecule has 0 fully saturated rings. The maximum Gasteiger partial charge on any atom is 0.0767 e. The number of aromatic nitrogens is 2. The topological polar surface area (TPSA) is 29.9 Å². The van der Waals surface area contributed by atoms with E-state index in [0.717, 1.165) is 35.4 Å². The summed E-state index contributed by atoms with van der Waals surface area (Å²) < 4.78 is 3.20. The van der Waals surface area contributed by atoms with Crippen molar-refractivity contribution in [2.75, 3.05) is 5.32 Å². The number of nitrogens with zero attached hydrogens (tertiary/aromatic N) is 2. The summed E-state index contributed by atoms with van der Waals surface area (Å²) in [5.74, 6) is 0. The van der Waals surface area contributed by atoms with Gasteiger partial charge in [-0.05, 0) is 53.9 Å². The third-order valence-electron chi connectivity index (χ3n) is 3.17. The summed E-state index contributed by atoms with van der Waals surface area (Å²) in [6.45, 7) is 8.03. The zero-order valence-corrected chi connectivity index (χ0v) is 13.3. The van der Waals surface area contributed by atoms with Crippen LogP contribution in [0, 0.1) is 6.92 Å². The largest absolute Gasteiger partial charge is 0.379 e. The smallest absolute Gasteiger partial charge is 0.0767 e. The SMILES string of the molecule is CCc1nn(CC)c(CNc2cccc(C)c2)c1Br. The van der Waals surface area contributed by atoms with Crippen molar-refractivity contribution in [3.63, 3.8) is 0 Å². The molecule has 0 aliphatic carbocycles. The second-order valence-electron chi connectivity index (χ2n) is 4.60. The molecule has 0 atom stereocenters. The van der Waals surface area contributed by atoms with Crippen molar-refractivity contribution in [3.8, 4) is 0 Å². The molecular formula is C15H20BrN3. The van der Waals surface area contributed by atoms with Crippen LogP contribution in [-0.4, -0.2) is 9.78 Å². The van der Waals surface area contributed by atoms with E-state index >= 15 is 0 Å². The molecule has 0 amide bonds. The highest BCUT2D eigenvalue weighted by Crippen LogP contribution is 2.23. The third kappa shape index (κ3) is 3.18. The summed E-state index contributed by atoms with van der Waals surface area (Å²) in [7, 11) is 0. The van der Waals surface area contributed by atoms with Crippen LogP contribution in [0.1, 0.15) is 30.8 Å². The van der Waals surface area contributed by atoms with E-state index in [9.17, 15) is 0 Å². The number of hydrogen-bond acceptors (Lipinski definition) is 2. The van der Waals surface area contributed by atoms with Crippen molar-refractivity contribution < 1.29 is 0 Å². The van der Waals surface area contributed by atoms with Gasteiger partial charge in [-0.25, -0.2) is 0 Å². The summed E-state index contributed by atoms with van der Waals surface area (Å²) in [5.41, 5.74) is 4.75. The van der Waals surface area contributed by atoms with Crippen molar-refractivity contribution in [3.05, 3.63) is 45.7 Å². The standard InChI is InChI=1S/C15H20BrN3/c1-4-13-15(16)14(19(5-2)18-13)10-17-12-8-6-7-11(3)9-12/h6-9,17H,4-5,10H2,1-3H3. The molecule has 2 aromatic rings. The van der Waals surface area contributed by atoms with Gasteiger partial charge in [0.15, 0.2) is 0 Å². The van der Waals surface area contributed by atoms with Gasteiger partial charge in [-0.3, -0.25) is 4.68 Å². The second kappa shape index (κ2) is 6.24. The summed E-state index contributed by atoms with van der Waals surface area (Å²) in [6, 6.07) is 8.42. The first-order valence-corrected chi connectivity index (χ1v) is 7.49. The minimum Gasteiger partial charge on any atom is -0.379 e. The fraction of sp³-hybridized carbons (Fsp3) is 0.400. The van der Waals surface area contributed by atoms with Crippen LogP contribution in [0.15, 0.2) is 28.7 Å². The van der Waals surface area contributed by atoms with Crippen molar-refractivity contribution in [2.24, 2.45) is 0 Å². The first-order valence-electron chi connectivity index (χ1n) is 6.70. The normalized spacial score (nSPS) is 10.7. The lowest BCUT2D eigenvalue weighted by Crippen LogP contribution is -2.08. The van der Waals surface area contributed by atoms with Crippen molar-refractivity contribution in [1.82, 2.24) is 9.78 Å². The third-order valence-corrected chi connectivity index (χ3v) is 4.09. The molecule has 3 nitrogen and oxygen atoms in total. The van der Waals surface area contributed by atoms with Crippen LogP contribution in [0.25, 0.3) is 0 Å². The maximum atomic E-state index is 4.61. The molecule has 0 unspecified atom stereocenters. The van der Waals surface area contributed by atoms with E-state index in [1.165, 1.54) is 11.3 Å². The van der Waals surface area contributed by atoms with Gasteiger partial charge in [0.1, 0.15) is 0 Å². The number of hydrogen-bond donors (Lipinski definition) is 1. The van der Waals surface area contributed by atoms with E-state index in [4.69, 9.17) is 0 Å². The molecular weight excluding hydrogens is 302 g/mol. The fourth-order valence-electron chi connectivity index (χ4n) is 2.13. The van der Waals surface area contributed by atoms with Gasteiger partial charge in [0.2, 0.25) is 0 Å². The Morgan fingerprint density at radius 2 is 2.11 bits per heavy atom. The zero-order valence-electron chi connectivity index (χ0n) is 11.7. The molecule has 0 saturated heterocycles. The van der Waals surface area contributed by atoms with Crippen molar-refractivity contribution >= 4 is 21.6 Å². The van der Waals surface area contributed by atoms with Gasteiger partial charge in [0.25, 0.3) is 0 Å². The molecule has 1 aromatic carbocycles. The second-order valence-corrected chi connectivity index (χ2v) is 5.39. The Labute approximate surface area is 123 Å². The molecule has 1 N–H and O–H groups in total. The van der Waals surface area contributed by atoms with Gasteiger partial charge in [0.05, 0.1) is 22.4 Å². The van der Waals surface area contributed by atoms with Crippen LogP contribution >= 0.6 is 15.9 Å². The Kier molecular flexibility index (Phi) is 4.64. The predicted molar refractivity (Wildman–Crippen MR) is 83.5 cm³/mol. The highest BCUT2D eigenvalue weighted by atomic mass is 79.9. The number of nitrogens with one attached hydrogen (secondary N) is 1. The average molecular weight is 322 g/mol. The molecule has 0 aliphatic rings. The fourth-order valence-corrected chi connectivity index (χ4v) is 2.83. The van der Waals surface area contributed by atoms with Crippen LogP contribution in [-0.2, 0) is 19.5 Å². The molecule has 1 heterocycles. The molecule has 19 heavy (non-hydrogen) atoms. The minimum absolute atomic E-state index is 0.783. The van der Waals surface area contributed by atoms with E-state index in [1.807, 2.05) is 0 Å². The molecule has 0 spiro atoms. The molecule has 0 saturated carbocycles.